The summed E-state index contributed by atoms with van der Waals surface area (Å²) in [6.07, 6.45) is 1.67. The van der Waals surface area contributed by atoms with Crippen molar-refractivity contribution in [3.8, 4) is 5.75 Å². The van der Waals surface area contributed by atoms with Gasteiger partial charge in [0.1, 0.15) is 18.3 Å². The van der Waals surface area contributed by atoms with E-state index in [9.17, 15) is 18.0 Å². The minimum absolute atomic E-state index is 0.0182. The number of ether oxygens (including phenoxy) is 1. The fourth-order valence-electron chi connectivity index (χ4n) is 3.97. The van der Waals surface area contributed by atoms with Gasteiger partial charge in [-0.2, -0.15) is 0 Å². The van der Waals surface area contributed by atoms with Gasteiger partial charge in [-0.05, 0) is 61.9 Å². The highest BCUT2D eigenvalue weighted by Gasteiger charge is 2.33. The average molecular weight is 607 g/mol. The Morgan fingerprint density at radius 1 is 0.950 bits per heavy atom. The minimum Gasteiger partial charge on any atom is -0.497 e. The maximum atomic E-state index is 14.0. The van der Waals surface area contributed by atoms with Gasteiger partial charge in [-0.15, -0.1) is 0 Å². The van der Waals surface area contributed by atoms with E-state index in [0.717, 1.165) is 17.1 Å². The number of amides is 2. The van der Waals surface area contributed by atoms with Gasteiger partial charge in [0.05, 0.1) is 17.7 Å². The Morgan fingerprint density at radius 2 is 1.57 bits per heavy atom. The van der Waals surface area contributed by atoms with Crippen LogP contribution in [0.2, 0.25) is 10.0 Å². The summed E-state index contributed by atoms with van der Waals surface area (Å²) in [6.45, 7) is 3.38. The van der Waals surface area contributed by atoms with Crippen LogP contribution in [0.1, 0.15) is 32.3 Å². The van der Waals surface area contributed by atoms with Crippen LogP contribution in [0.4, 0.5) is 5.69 Å². The third-order valence-corrected chi connectivity index (χ3v) is 8.85. The second-order valence-electron chi connectivity index (χ2n) is 9.07. The molecule has 0 fully saturated rings. The predicted molar refractivity (Wildman–Crippen MR) is 158 cm³/mol. The van der Waals surface area contributed by atoms with Crippen molar-refractivity contribution < 1.29 is 22.7 Å². The lowest BCUT2D eigenvalue weighted by Gasteiger charge is -2.32. The molecule has 2 amide bonds. The molecule has 0 aliphatic rings. The fourth-order valence-corrected chi connectivity index (χ4v) is 5.92. The summed E-state index contributed by atoms with van der Waals surface area (Å²) in [5.41, 5.74) is 0.711. The molecular formula is C29H33Cl2N3O5S. The molecule has 8 nitrogen and oxygen atoms in total. The number of anilines is 1. The van der Waals surface area contributed by atoms with E-state index in [0.29, 0.717) is 27.9 Å². The van der Waals surface area contributed by atoms with Gasteiger partial charge in [0.25, 0.3) is 10.0 Å². The molecule has 0 aliphatic carbocycles. The Balaban J connectivity index is 2.03. The predicted octanol–water partition coefficient (Wildman–Crippen LogP) is 5.53. The molecule has 1 unspecified atom stereocenters. The summed E-state index contributed by atoms with van der Waals surface area (Å²) in [5, 5.41) is 3.50. The van der Waals surface area contributed by atoms with Crippen molar-refractivity contribution in [2.75, 3.05) is 24.5 Å². The van der Waals surface area contributed by atoms with Crippen LogP contribution >= 0.6 is 23.2 Å². The quantitative estimate of drug-likeness (QED) is 0.258. The zero-order valence-corrected chi connectivity index (χ0v) is 25.0. The molecule has 3 aromatic rings. The molecule has 11 heteroatoms. The number of hydrogen-bond donors (Lipinski definition) is 1. The smallest absolute Gasteiger partial charge is 0.264 e. The number of benzene rings is 3. The van der Waals surface area contributed by atoms with Crippen LogP contribution in [0, 0.1) is 0 Å². The van der Waals surface area contributed by atoms with Crippen molar-refractivity contribution in [2.45, 2.75) is 44.2 Å². The standard InChI is InChI=1S/C29H33Cl2N3O5S/c1-4-5-18-32-29(36)21(2)33(19-25-26(30)12-9-13-27(25)31)28(35)20-34(22-14-16-23(39-3)17-15-22)40(37,38)24-10-7-6-8-11-24/h6-17,21H,4-5,18-20H2,1-3H3,(H,32,36). The molecule has 0 spiro atoms. The maximum Gasteiger partial charge on any atom is 0.264 e. The Labute approximate surface area is 245 Å². The minimum atomic E-state index is -4.16. The van der Waals surface area contributed by atoms with E-state index in [-0.39, 0.29) is 23.0 Å². The number of rotatable bonds is 13. The lowest BCUT2D eigenvalue weighted by Crippen LogP contribution is -2.51. The first-order chi connectivity index (χ1) is 19.1. The second-order valence-corrected chi connectivity index (χ2v) is 11.7. The van der Waals surface area contributed by atoms with Crippen molar-refractivity contribution >= 4 is 50.7 Å². The average Bonchev–Trinajstić information content (AvgIpc) is 2.96. The molecule has 3 rings (SSSR count). The van der Waals surface area contributed by atoms with Gasteiger partial charge >= 0.3 is 0 Å². The van der Waals surface area contributed by atoms with E-state index in [1.165, 1.54) is 24.1 Å². The number of carbonyl (C=O) groups excluding carboxylic acids is 2. The number of halogens is 2. The number of hydrogen-bond acceptors (Lipinski definition) is 5. The monoisotopic (exact) mass is 605 g/mol. The van der Waals surface area contributed by atoms with E-state index in [1.807, 2.05) is 6.92 Å². The van der Waals surface area contributed by atoms with Crippen LogP contribution in [0.15, 0.2) is 77.7 Å². The molecule has 1 atom stereocenters. The molecule has 3 aromatic carbocycles. The van der Waals surface area contributed by atoms with E-state index >= 15 is 0 Å². The van der Waals surface area contributed by atoms with Crippen molar-refractivity contribution in [1.82, 2.24) is 10.2 Å². The highest BCUT2D eigenvalue weighted by molar-refractivity contribution is 7.92. The molecule has 214 valence electrons. The number of nitrogens with one attached hydrogen (secondary N) is 1. The van der Waals surface area contributed by atoms with E-state index < -0.39 is 28.5 Å². The molecule has 0 heterocycles. The topological polar surface area (TPSA) is 96.0 Å². The maximum absolute atomic E-state index is 14.0. The molecule has 40 heavy (non-hydrogen) atoms. The lowest BCUT2D eigenvalue weighted by atomic mass is 10.1. The van der Waals surface area contributed by atoms with Crippen LogP contribution in [-0.4, -0.2) is 51.4 Å². The van der Waals surface area contributed by atoms with E-state index in [2.05, 4.69) is 5.32 Å². The fraction of sp³-hybridized carbons (Fsp3) is 0.310. The highest BCUT2D eigenvalue weighted by Crippen LogP contribution is 2.29. The van der Waals surface area contributed by atoms with Gasteiger partial charge in [-0.1, -0.05) is 60.8 Å². The van der Waals surface area contributed by atoms with Gasteiger partial charge < -0.3 is 15.0 Å². The zero-order chi connectivity index (χ0) is 29.3. The van der Waals surface area contributed by atoms with Crippen LogP contribution < -0.4 is 14.4 Å². The summed E-state index contributed by atoms with van der Waals surface area (Å²) in [4.78, 5) is 28.3. The van der Waals surface area contributed by atoms with Crippen LogP contribution in [0.3, 0.4) is 0 Å². The molecule has 0 saturated carbocycles. The first kappa shape index (κ1) is 31.3. The van der Waals surface area contributed by atoms with E-state index in [1.54, 1.807) is 67.6 Å². The Morgan fingerprint density at radius 3 is 2.15 bits per heavy atom. The zero-order valence-electron chi connectivity index (χ0n) is 22.6. The van der Waals surface area contributed by atoms with Gasteiger partial charge in [-0.3, -0.25) is 13.9 Å². The van der Waals surface area contributed by atoms with Crippen LogP contribution in [0.25, 0.3) is 0 Å². The Hall–Kier alpha value is -3.27. The Bertz CT molecular complexity index is 1380. The van der Waals surface area contributed by atoms with Crippen molar-refractivity contribution in [3.63, 3.8) is 0 Å². The third kappa shape index (κ3) is 7.68. The number of nitrogens with zero attached hydrogens (tertiary/aromatic N) is 2. The van der Waals surface area contributed by atoms with Crippen molar-refractivity contribution in [1.29, 1.82) is 0 Å². The molecule has 0 saturated heterocycles. The summed E-state index contributed by atoms with van der Waals surface area (Å²) < 4.78 is 33.8. The molecule has 0 aromatic heterocycles. The number of unbranched alkanes of at least 4 members (excludes halogenated alkanes) is 1. The molecule has 0 radical (unpaired) electrons. The van der Waals surface area contributed by atoms with Crippen molar-refractivity contribution in [2.24, 2.45) is 0 Å². The molecular weight excluding hydrogens is 573 g/mol. The van der Waals surface area contributed by atoms with Gasteiger partial charge in [0.15, 0.2) is 0 Å². The van der Waals surface area contributed by atoms with Crippen LogP contribution in [0.5, 0.6) is 5.75 Å². The number of carbonyl (C=O) groups is 2. The van der Waals surface area contributed by atoms with E-state index in [4.69, 9.17) is 27.9 Å². The molecule has 0 bridgehead atoms. The van der Waals surface area contributed by atoms with Gasteiger partial charge in [-0.25, -0.2) is 8.42 Å². The first-order valence-electron chi connectivity index (χ1n) is 12.8. The van der Waals surface area contributed by atoms with Crippen molar-refractivity contribution in [3.05, 3.63) is 88.4 Å². The van der Waals surface area contributed by atoms with Gasteiger partial charge in [0, 0.05) is 28.7 Å². The summed E-state index contributed by atoms with van der Waals surface area (Å²) in [7, 11) is -2.66. The normalized spacial score (nSPS) is 11.9. The highest BCUT2D eigenvalue weighted by atomic mass is 35.5. The molecule has 1 N–H and O–H groups in total. The van der Waals surface area contributed by atoms with Gasteiger partial charge in [0.2, 0.25) is 11.8 Å². The lowest BCUT2D eigenvalue weighted by molar-refractivity contribution is -0.139. The summed E-state index contributed by atoms with van der Waals surface area (Å²) in [5.74, 6) is -0.448. The second kappa shape index (κ2) is 14.4. The number of methoxy groups -OCH3 is 1. The number of sulfonamides is 1. The Kier molecular flexibility index (Phi) is 11.2. The largest absolute Gasteiger partial charge is 0.497 e. The first-order valence-corrected chi connectivity index (χ1v) is 15.0. The summed E-state index contributed by atoms with van der Waals surface area (Å²) >= 11 is 12.8. The molecule has 0 aliphatic heterocycles. The third-order valence-electron chi connectivity index (χ3n) is 6.36. The SMILES string of the molecule is CCCCNC(=O)C(C)N(Cc1c(Cl)cccc1Cl)C(=O)CN(c1ccc(OC)cc1)S(=O)(=O)c1ccccc1. The van der Waals surface area contributed by atoms with Crippen LogP contribution in [-0.2, 0) is 26.2 Å². The summed E-state index contributed by atoms with van der Waals surface area (Å²) in [6, 6.07) is 18.2.